The van der Waals surface area contributed by atoms with Crippen LogP contribution in [-0.2, 0) is 4.74 Å². The molecule has 0 radical (unpaired) electrons. The van der Waals surface area contributed by atoms with Crippen molar-refractivity contribution in [1.29, 1.82) is 0 Å². The van der Waals surface area contributed by atoms with Gasteiger partial charge in [-0.05, 0) is 20.8 Å². The SMILES string of the molecule is CC(O)CNCCNC(=O)OC(C)C. The lowest BCUT2D eigenvalue weighted by Crippen LogP contribution is -2.35. The van der Waals surface area contributed by atoms with Crippen LogP contribution in [0.4, 0.5) is 4.79 Å². The molecule has 0 saturated carbocycles. The molecule has 0 bridgehead atoms. The van der Waals surface area contributed by atoms with Crippen molar-refractivity contribution in [2.75, 3.05) is 19.6 Å². The molecule has 0 aromatic heterocycles. The molecule has 3 N–H and O–H groups in total. The van der Waals surface area contributed by atoms with Gasteiger partial charge < -0.3 is 20.5 Å². The number of carbonyl (C=O) groups is 1. The van der Waals surface area contributed by atoms with Gasteiger partial charge in [0.25, 0.3) is 0 Å². The van der Waals surface area contributed by atoms with Crippen LogP contribution in [0.15, 0.2) is 0 Å². The van der Waals surface area contributed by atoms with E-state index in [1.54, 1.807) is 20.8 Å². The summed E-state index contributed by atoms with van der Waals surface area (Å²) in [5, 5.41) is 14.5. The van der Waals surface area contributed by atoms with Gasteiger partial charge >= 0.3 is 6.09 Å². The largest absolute Gasteiger partial charge is 0.447 e. The fraction of sp³-hybridized carbons (Fsp3) is 0.889. The molecule has 1 unspecified atom stereocenters. The Bertz CT molecular complexity index is 160. The first-order valence-corrected chi connectivity index (χ1v) is 4.85. The van der Waals surface area contributed by atoms with Gasteiger partial charge in [0, 0.05) is 19.6 Å². The van der Waals surface area contributed by atoms with Crippen molar-refractivity contribution in [2.45, 2.75) is 33.0 Å². The zero-order valence-electron chi connectivity index (χ0n) is 9.04. The molecule has 0 aliphatic heterocycles. The maximum absolute atomic E-state index is 10.9. The van der Waals surface area contributed by atoms with Crippen LogP contribution in [-0.4, -0.2) is 43.0 Å². The highest BCUT2D eigenvalue weighted by molar-refractivity contribution is 5.67. The van der Waals surface area contributed by atoms with Crippen molar-refractivity contribution in [3.05, 3.63) is 0 Å². The van der Waals surface area contributed by atoms with Crippen molar-refractivity contribution in [3.8, 4) is 0 Å². The van der Waals surface area contributed by atoms with E-state index < -0.39 is 6.09 Å². The lowest BCUT2D eigenvalue weighted by Gasteiger charge is -2.10. The monoisotopic (exact) mass is 204 g/mol. The summed E-state index contributed by atoms with van der Waals surface area (Å²) in [6, 6.07) is 0. The summed E-state index contributed by atoms with van der Waals surface area (Å²) in [4.78, 5) is 10.9. The average molecular weight is 204 g/mol. The number of alkyl carbamates (subject to hydrolysis) is 1. The molecule has 5 nitrogen and oxygen atoms in total. The molecule has 0 aromatic carbocycles. The second kappa shape index (κ2) is 7.58. The van der Waals surface area contributed by atoms with Crippen LogP contribution in [0.3, 0.4) is 0 Å². The molecule has 5 heteroatoms. The molecule has 0 saturated heterocycles. The average Bonchev–Trinajstić information content (AvgIpc) is 2.01. The molecule has 0 aliphatic carbocycles. The topological polar surface area (TPSA) is 70.6 Å². The fourth-order valence-electron chi connectivity index (χ4n) is 0.820. The minimum Gasteiger partial charge on any atom is -0.447 e. The predicted octanol–water partition coefficient (Wildman–Crippen LogP) is 0.0914. The lowest BCUT2D eigenvalue weighted by molar-refractivity contribution is 0.115. The number of nitrogens with one attached hydrogen (secondary N) is 2. The minimum absolute atomic E-state index is 0.0968. The number of hydrogen-bond donors (Lipinski definition) is 3. The molecular formula is C9H20N2O3. The van der Waals surface area contributed by atoms with Gasteiger partial charge in [0.2, 0.25) is 0 Å². The second-order valence-corrected chi connectivity index (χ2v) is 3.43. The lowest BCUT2D eigenvalue weighted by atomic mass is 10.4. The van der Waals surface area contributed by atoms with Crippen LogP contribution >= 0.6 is 0 Å². The van der Waals surface area contributed by atoms with Gasteiger partial charge in [-0.15, -0.1) is 0 Å². The highest BCUT2D eigenvalue weighted by Crippen LogP contribution is 1.86. The van der Waals surface area contributed by atoms with Crippen molar-refractivity contribution in [1.82, 2.24) is 10.6 Å². The number of rotatable bonds is 6. The zero-order chi connectivity index (χ0) is 11.0. The Morgan fingerprint density at radius 3 is 2.50 bits per heavy atom. The second-order valence-electron chi connectivity index (χ2n) is 3.43. The number of aliphatic hydroxyl groups is 1. The molecular weight excluding hydrogens is 184 g/mol. The van der Waals surface area contributed by atoms with Crippen LogP contribution in [0.2, 0.25) is 0 Å². The minimum atomic E-state index is -0.404. The summed E-state index contributed by atoms with van der Waals surface area (Å²) in [6.45, 7) is 6.95. The van der Waals surface area contributed by atoms with E-state index in [9.17, 15) is 4.79 Å². The number of hydrogen-bond acceptors (Lipinski definition) is 4. The van der Waals surface area contributed by atoms with E-state index in [2.05, 4.69) is 10.6 Å². The van der Waals surface area contributed by atoms with Crippen molar-refractivity contribution in [2.24, 2.45) is 0 Å². The molecule has 0 heterocycles. The summed E-state index contributed by atoms with van der Waals surface area (Å²) in [5.41, 5.74) is 0. The Morgan fingerprint density at radius 2 is 2.00 bits per heavy atom. The highest BCUT2D eigenvalue weighted by Gasteiger charge is 2.02. The molecule has 0 rings (SSSR count). The third-order valence-electron chi connectivity index (χ3n) is 1.35. The Balaban J connectivity index is 3.23. The van der Waals surface area contributed by atoms with Crippen molar-refractivity contribution in [3.63, 3.8) is 0 Å². The Kier molecular flexibility index (Phi) is 7.14. The van der Waals surface area contributed by atoms with Gasteiger partial charge in [0.05, 0.1) is 12.2 Å². The van der Waals surface area contributed by atoms with Gasteiger partial charge in [-0.2, -0.15) is 0 Å². The molecule has 14 heavy (non-hydrogen) atoms. The van der Waals surface area contributed by atoms with E-state index in [1.165, 1.54) is 0 Å². The van der Waals surface area contributed by atoms with E-state index in [4.69, 9.17) is 9.84 Å². The van der Waals surface area contributed by atoms with Crippen LogP contribution in [0.25, 0.3) is 0 Å². The highest BCUT2D eigenvalue weighted by atomic mass is 16.6. The molecule has 1 amide bonds. The van der Waals surface area contributed by atoms with E-state index in [1.807, 2.05) is 0 Å². The Labute approximate surface area is 84.8 Å². The molecule has 0 fully saturated rings. The van der Waals surface area contributed by atoms with Gasteiger partial charge in [-0.25, -0.2) is 4.79 Å². The Hall–Kier alpha value is -0.810. The third-order valence-corrected chi connectivity index (χ3v) is 1.35. The summed E-state index contributed by atoms with van der Waals surface area (Å²) < 4.78 is 4.85. The first kappa shape index (κ1) is 13.2. The fourth-order valence-corrected chi connectivity index (χ4v) is 0.820. The standard InChI is InChI=1S/C9H20N2O3/c1-7(2)14-9(13)11-5-4-10-6-8(3)12/h7-8,10,12H,4-6H2,1-3H3,(H,11,13). The Morgan fingerprint density at radius 1 is 1.36 bits per heavy atom. The first-order valence-electron chi connectivity index (χ1n) is 4.85. The zero-order valence-corrected chi connectivity index (χ0v) is 9.04. The number of aliphatic hydroxyl groups excluding tert-OH is 1. The third kappa shape index (κ3) is 9.28. The molecule has 0 aromatic rings. The van der Waals surface area contributed by atoms with E-state index in [0.717, 1.165) is 0 Å². The maximum atomic E-state index is 10.9. The van der Waals surface area contributed by atoms with E-state index in [0.29, 0.717) is 19.6 Å². The van der Waals surface area contributed by atoms with Crippen molar-refractivity contribution >= 4 is 6.09 Å². The molecule has 1 atom stereocenters. The quantitative estimate of drug-likeness (QED) is 0.536. The van der Waals surface area contributed by atoms with Gasteiger partial charge in [-0.1, -0.05) is 0 Å². The van der Waals surface area contributed by atoms with E-state index >= 15 is 0 Å². The number of carbonyl (C=O) groups excluding carboxylic acids is 1. The van der Waals surface area contributed by atoms with Gasteiger partial charge in [0.1, 0.15) is 0 Å². The van der Waals surface area contributed by atoms with Crippen LogP contribution < -0.4 is 10.6 Å². The van der Waals surface area contributed by atoms with Gasteiger partial charge in [0.15, 0.2) is 0 Å². The maximum Gasteiger partial charge on any atom is 0.407 e. The van der Waals surface area contributed by atoms with Crippen molar-refractivity contribution < 1.29 is 14.6 Å². The summed E-state index contributed by atoms with van der Waals surface area (Å²) in [7, 11) is 0. The normalized spacial score (nSPS) is 12.6. The smallest absolute Gasteiger partial charge is 0.407 e. The molecule has 0 spiro atoms. The molecule has 0 aliphatic rings. The summed E-state index contributed by atoms with van der Waals surface area (Å²) >= 11 is 0. The number of amides is 1. The van der Waals surface area contributed by atoms with Crippen LogP contribution in [0.5, 0.6) is 0 Å². The predicted molar refractivity (Wildman–Crippen MR) is 54.2 cm³/mol. The molecule has 84 valence electrons. The summed E-state index contributed by atoms with van der Waals surface area (Å²) in [6.07, 6.45) is -0.864. The van der Waals surface area contributed by atoms with Crippen LogP contribution in [0, 0.1) is 0 Å². The van der Waals surface area contributed by atoms with Crippen LogP contribution in [0.1, 0.15) is 20.8 Å². The summed E-state index contributed by atoms with van der Waals surface area (Å²) in [5.74, 6) is 0. The van der Waals surface area contributed by atoms with Gasteiger partial charge in [-0.3, -0.25) is 0 Å². The first-order chi connectivity index (χ1) is 6.52. The van der Waals surface area contributed by atoms with E-state index in [-0.39, 0.29) is 12.2 Å². The number of ether oxygens (including phenoxy) is 1.